The number of nitrogens with zero attached hydrogens (tertiary/aromatic N) is 2. The molecule has 1 heterocycles. The number of halogens is 2. The van der Waals surface area contributed by atoms with Crippen LogP contribution < -0.4 is 0 Å². The summed E-state index contributed by atoms with van der Waals surface area (Å²) in [7, 11) is -7.94. The van der Waals surface area contributed by atoms with Gasteiger partial charge in [0, 0.05) is 26.2 Å². The van der Waals surface area contributed by atoms with Gasteiger partial charge >= 0.3 is 0 Å². The average molecular weight is 416 g/mol. The predicted octanol–water partition coefficient (Wildman–Crippen LogP) is 2.05. The van der Waals surface area contributed by atoms with Crippen LogP contribution >= 0.6 is 0 Å². The Hall–Kier alpha value is -1.88. The molecule has 2 aromatic carbocycles. The van der Waals surface area contributed by atoms with E-state index in [-0.39, 0.29) is 37.5 Å². The molecule has 27 heavy (non-hydrogen) atoms. The standard InChI is InChI=1S/C17H18F2N2O4S2/c18-14-6-8-15(9-7-14)26(22,23)20-10-3-11-21(13-12-20)27(24,25)17-5-2-1-4-16(17)19/h1-2,4-9H,3,10-13H2. The fourth-order valence-electron chi connectivity index (χ4n) is 2.90. The lowest BCUT2D eigenvalue weighted by Gasteiger charge is -2.22. The van der Waals surface area contributed by atoms with Crippen molar-refractivity contribution in [2.24, 2.45) is 0 Å². The summed E-state index contributed by atoms with van der Waals surface area (Å²) in [4.78, 5) is -0.492. The Morgan fingerprint density at radius 2 is 1.26 bits per heavy atom. The summed E-state index contributed by atoms with van der Waals surface area (Å²) in [6, 6.07) is 9.53. The summed E-state index contributed by atoms with van der Waals surface area (Å²) in [6.45, 7) is 0.0135. The summed E-state index contributed by atoms with van der Waals surface area (Å²) in [5, 5.41) is 0. The highest BCUT2D eigenvalue weighted by atomic mass is 32.2. The van der Waals surface area contributed by atoms with Crippen molar-refractivity contribution in [1.29, 1.82) is 0 Å². The van der Waals surface area contributed by atoms with Crippen LogP contribution in [0.15, 0.2) is 58.3 Å². The van der Waals surface area contributed by atoms with Gasteiger partial charge < -0.3 is 0 Å². The first-order valence-corrected chi connectivity index (χ1v) is 11.1. The summed E-state index contributed by atoms with van der Waals surface area (Å²) in [6.07, 6.45) is 0.258. The summed E-state index contributed by atoms with van der Waals surface area (Å²) < 4.78 is 80.0. The van der Waals surface area contributed by atoms with Gasteiger partial charge in [0.1, 0.15) is 16.5 Å². The summed E-state index contributed by atoms with van der Waals surface area (Å²) in [5.74, 6) is -1.40. The lowest BCUT2D eigenvalue weighted by molar-refractivity contribution is 0.402. The molecular formula is C17H18F2N2O4S2. The van der Waals surface area contributed by atoms with E-state index in [1.165, 1.54) is 30.3 Å². The molecule has 0 radical (unpaired) electrons. The van der Waals surface area contributed by atoms with E-state index in [2.05, 4.69) is 0 Å². The second-order valence-corrected chi connectivity index (χ2v) is 9.89. The van der Waals surface area contributed by atoms with E-state index in [1.807, 2.05) is 0 Å². The van der Waals surface area contributed by atoms with Crippen LogP contribution in [0.4, 0.5) is 8.78 Å². The molecule has 1 aliphatic rings. The van der Waals surface area contributed by atoms with Crippen LogP contribution in [0, 0.1) is 11.6 Å². The Bertz CT molecular complexity index is 1030. The molecule has 0 bridgehead atoms. The van der Waals surface area contributed by atoms with Crippen molar-refractivity contribution in [3.05, 3.63) is 60.2 Å². The zero-order valence-corrected chi connectivity index (χ0v) is 15.9. The molecule has 0 N–H and O–H groups in total. The van der Waals surface area contributed by atoms with Gasteiger partial charge in [-0.2, -0.15) is 8.61 Å². The van der Waals surface area contributed by atoms with Gasteiger partial charge in [0.2, 0.25) is 20.0 Å². The monoisotopic (exact) mass is 416 g/mol. The minimum atomic E-state index is -4.07. The maximum Gasteiger partial charge on any atom is 0.246 e. The molecule has 0 aromatic heterocycles. The van der Waals surface area contributed by atoms with E-state index < -0.39 is 36.6 Å². The fraction of sp³-hybridized carbons (Fsp3) is 0.294. The van der Waals surface area contributed by atoms with E-state index in [0.29, 0.717) is 0 Å². The number of hydrogen-bond acceptors (Lipinski definition) is 4. The highest BCUT2D eigenvalue weighted by molar-refractivity contribution is 7.89. The van der Waals surface area contributed by atoms with Gasteiger partial charge in [0.15, 0.2) is 0 Å². The van der Waals surface area contributed by atoms with Crippen LogP contribution in [0.25, 0.3) is 0 Å². The Balaban J connectivity index is 1.81. The second-order valence-electron chi connectivity index (χ2n) is 6.05. The second kappa shape index (κ2) is 7.63. The highest BCUT2D eigenvalue weighted by Gasteiger charge is 2.32. The maximum absolute atomic E-state index is 13.9. The van der Waals surface area contributed by atoms with Crippen LogP contribution in [0.1, 0.15) is 6.42 Å². The molecule has 6 nitrogen and oxygen atoms in total. The topological polar surface area (TPSA) is 74.8 Å². The fourth-order valence-corrected chi connectivity index (χ4v) is 5.90. The lowest BCUT2D eigenvalue weighted by atomic mass is 10.3. The van der Waals surface area contributed by atoms with Crippen molar-refractivity contribution in [3.63, 3.8) is 0 Å². The number of sulfonamides is 2. The molecule has 0 saturated carbocycles. The first-order chi connectivity index (χ1) is 12.7. The van der Waals surface area contributed by atoms with Crippen LogP contribution in [-0.2, 0) is 20.0 Å². The van der Waals surface area contributed by atoms with Crippen LogP contribution in [0.3, 0.4) is 0 Å². The molecule has 3 rings (SSSR count). The molecule has 0 spiro atoms. The molecule has 1 fully saturated rings. The van der Waals surface area contributed by atoms with Gasteiger partial charge in [0.25, 0.3) is 0 Å². The molecular weight excluding hydrogens is 398 g/mol. The van der Waals surface area contributed by atoms with Gasteiger partial charge in [-0.3, -0.25) is 0 Å². The summed E-state index contributed by atoms with van der Waals surface area (Å²) in [5.41, 5.74) is 0. The van der Waals surface area contributed by atoms with E-state index in [0.717, 1.165) is 26.8 Å². The third kappa shape index (κ3) is 4.03. The lowest BCUT2D eigenvalue weighted by Crippen LogP contribution is -2.37. The predicted molar refractivity (Wildman–Crippen MR) is 94.9 cm³/mol. The van der Waals surface area contributed by atoms with Gasteiger partial charge in [-0.15, -0.1) is 0 Å². The zero-order chi connectivity index (χ0) is 19.7. The minimum Gasteiger partial charge on any atom is -0.207 e. The molecule has 0 amide bonds. The molecule has 146 valence electrons. The molecule has 10 heteroatoms. The van der Waals surface area contributed by atoms with Gasteiger partial charge in [-0.1, -0.05) is 12.1 Å². The van der Waals surface area contributed by atoms with Gasteiger partial charge in [-0.25, -0.2) is 25.6 Å². The van der Waals surface area contributed by atoms with E-state index in [9.17, 15) is 25.6 Å². The zero-order valence-electron chi connectivity index (χ0n) is 14.3. The minimum absolute atomic E-state index is 0.0608. The van der Waals surface area contributed by atoms with Gasteiger partial charge in [-0.05, 0) is 42.8 Å². The summed E-state index contributed by atoms with van der Waals surface area (Å²) >= 11 is 0. The Labute approximate surface area is 157 Å². The van der Waals surface area contributed by atoms with Crippen molar-refractivity contribution >= 4 is 20.0 Å². The normalized spacial score (nSPS) is 17.6. The molecule has 1 saturated heterocycles. The van der Waals surface area contributed by atoms with Crippen molar-refractivity contribution < 1.29 is 25.6 Å². The quantitative estimate of drug-likeness (QED) is 0.765. The van der Waals surface area contributed by atoms with Crippen molar-refractivity contribution in [3.8, 4) is 0 Å². The number of rotatable bonds is 4. The maximum atomic E-state index is 13.9. The third-order valence-corrected chi connectivity index (χ3v) is 8.16. The smallest absolute Gasteiger partial charge is 0.207 e. The molecule has 2 aromatic rings. The molecule has 0 unspecified atom stereocenters. The average Bonchev–Trinajstić information content (AvgIpc) is 2.89. The molecule has 1 aliphatic heterocycles. The van der Waals surface area contributed by atoms with Gasteiger partial charge in [0.05, 0.1) is 4.90 Å². The molecule has 0 atom stereocenters. The third-order valence-electron chi connectivity index (χ3n) is 4.32. The molecule has 0 aliphatic carbocycles. The number of hydrogen-bond donors (Lipinski definition) is 0. The van der Waals surface area contributed by atoms with Crippen molar-refractivity contribution in [2.75, 3.05) is 26.2 Å². The van der Waals surface area contributed by atoms with Crippen molar-refractivity contribution in [1.82, 2.24) is 8.61 Å². The van der Waals surface area contributed by atoms with E-state index >= 15 is 0 Å². The Kier molecular flexibility index (Phi) is 5.61. The Morgan fingerprint density at radius 1 is 0.704 bits per heavy atom. The van der Waals surface area contributed by atoms with Crippen molar-refractivity contribution in [2.45, 2.75) is 16.2 Å². The van der Waals surface area contributed by atoms with Crippen LogP contribution in [0.5, 0.6) is 0 Å². The first-order valence-electron chi connectivity index (χ1n) is 8.23. The van der Waals surface area contributed by atoms with Crippen LogP contribution in [0.2, 0.25) is 0 Å². The largest absolute Gasteiger partial charge is 0.246 e. The first kappa shape index (κ1) is 19.9. The highest BCUT2D eigenvalue weighted by Crippen LogP contribution is 2.23. The van der Waals surface area contributed by atoms with Crippen LogP contribution in [-0.4, -0.2) is 51.6 Å². The Morgan fingerprint density at radius 3 is 1.85 bits per heavy atom. The SMILES string of the molecule is O=S(=O)(c1ccc(F)cc1)N1CCCN(S(=O)(=O)c2ccccc2F)CC1. The van der Waals surface area contributed by atoms with E-state index in [1.54, 1.807) is 0 Å². The van der Waals surface area contributed by atoms with E-state index in [4.69, 9.17) is 0 Å². The number of benzene rings is 2.